The largest absolute Gasteiger partial charge is 0.326 e. The fraction of sp³-hybridized carbons (Fsp3) is 0.500. The van der Waals surface area contributed by atoms with Gasteiger partial charge in [-0.15, -0.1) is 0 Å². The molecule has 1 aromatic carbocycles. The number of carbonyl (C=O) groups is 3. The Morgan fingerprint density at radius 1 is 1.32 bits per heavy atom. The Kier molecular flexibility index (Phi) is 5.47. The quantitative estimate of drug-likeness (QED) is 0.728. The second kappa shape index (κ2) is 7.34. The van der Waals surface area contributed by atoms with E-state index < -0.39 is 5.54 Å². The van der Waals surface area contributed by atoms with Crippen LogP contribution in [0.25, 0.3) is 0 Å². The first-order chi connectivity index (χ1) is 10.6. The molecule has 1 atom stereocenters. The Bertz CT molecular complexity index is 541. The third-order valence-electron chi connectivity index (χ3n) is 4.47. The van der Waals surface area contributed by atoms with Crippen LogP contribution in [0, 0.1) is 0 Å². The first-order valence-corrected chi connectivity index (χ1v) is 7.94. The van der Waals surface area contributed by atoms with Crippen LogP contribution < -0.4 is 0 Å². The third-order valence-corrected chi connectivity index (χ3v) is 4.47. The number of rotatable bonds is 7. The highest BCUT2D eigenvalue weighted by Gasteiger charge is 2.42. The van der Waals surface area contributed by atoms with Crippen LogP contribution in [0.15, 0.2) is 30.3 Å². The summed E-state index contributed by atoms with van der Waals surface area (Å²) >= 11 is 0. The molecule has 0 radical (unpaired) electrons. The molecule has 0 saturated carbocycles. The summed E-state index contributed by atoms with van der Waals surface area (Å²) in [6, 6.07) is 9.68. The van der Waals surface area contributed by atoms with Gasteiger partial charge in [-0.1, -0.05) is 37.3 Å². The van der Waals surface area contributed by atoms with E-state index in [-0.39, 0.29) is 11.7 Å². The molecule has 1 aliphatic heterocycles. The Hall–Kier alpha value is -1.97. The summed E-state index contributed by atoms with van der Waals surface area (Å²) in [7, 11) is 0. The van der Waals surface area contributed by atoms with Crippen molar-refractivity contribution < 1.29 is 14.4 Å². The summed E-state index contributed by atoms with van der Waals surface area (Å²) in [5, 5.41) is 0. The van der Waals surface area contributed by atoms with Gasteiger partial charge < -0.3 is 9.69 Å². The molecule has 0 unspecified atom stereocenters. The molecule has 0 bridgehead atoms. The van der Waals surface area contributed by atoms with Gasteiger partial charge in [-0.3, -0.25) is 9.59 Å². The van der Waals surface area contributed by atoms with Gasteiger partial charge in [-0.2, -0.15) is 0 Å². The molecule has 0 spiro atoms. The summed E-state index contributed by atoms with van der Waals surface area (Å²) in [6.07, 6.45) is 3.98. The maximum atomic E-state index is 12.4. The van der Waals surface area contributed by atoms with Crippen LogP contribution in [0.1, 0.15) is 51.0 Å². The van der Waals surface area contributed by atoms with E-state index in [9.17, 15) is 14.4 Å². The Morgan fingerprint density at radius 2 is 2.05 bits per heavy atom. The van der Waals surface area contributed by atoms with Crippen molar-refractivity contribution in [1.82, 2.24) is 4.90 Å². The van der Waals surface area contributed by atoms with E-state index in [4.69, 9.17) is 0 Å². The van der Waals surface area contributed by atoms with Crippen LogP contribution in [-0.2, 0) is 20.9 Å². The molecule has 0 N–H and O–H groups in total. The molecular weight excluding hydrogens is 278 g/mol. The topological polar surface area (TPSA) is 54.5 Å². The first kappa shape index (κ1) is 16.4. The number of carbonyl (C=O) groups excluding carboxylic acids is 3. The Balaban J connectivity index is 2.21. The first-order valence-electron chi connectivity index (χ1n) is 7.94. The van der Waals surface area contributed by atoms with Crippen LogP contribution in [0.3, 0.4) is 0 Å². The van der Waals surface area contributed by atoms with Crippen LogP contribution in [-0.4, -0.2) is 28.4 Å². The zero-order chi connectivity index (χ0) is 16.0. The number of likely N-dealkylation sites (tertiary alicyclic amines) is 1. The number of hydrogen-bond donors (Lipinski definition) is 0. The van der Waals surface area contributed by atoms with Gasteiger partial charge in [0.1, 0.15) is 12.1 Å². The third kappa shape index (κ3) is 3.62. The van der Waals surface area contributed by atoms with E-state index in [0.717, 1.165) is 11.8 Å². The minimum Gasteiger partial charge on any atom is -0.326 e. The predicted molar refractivity (Wildman–Crippen MR) is 84.2 cm³/mol. The van der Waals surface area contributed by atoms with Crippen molar-refractivity contribution in [2.45, 2.75) is 57.5 Å². The van der Waals surface area contributed by atoms with Gasteiger partial charge >= 0.3 is 0 Å². The lowest BCUT2D eigenvalue weighted by atomic mass is 9.82. The summed E-state index contributed by atoms with van der Waals surface area (Å²) < 4.78 is 0. The monoisotopic (exact) mass is 301 g/mol. The number of aldehydes is 1. The number of ketones is 1. The zero-order valence-corrected chi connectivity index (χ0v) is 13.1. The molecule has 0 aromatic heterocycles. The van der Waals surface area contributed by atoms with E-state index in [0.29, 0.717) is 45.1 Å². The molecule has 1 amide bonds. The summed E-state index contributed by atoms with van der Waals surface area (Å²) in [5.74, 6) is 0.144. The second-order valence-corrected chi connectivity index (χ2v) is 5.93. The number of benzene rings is 1. The molecule has 1 fully saturated rings. The van der Waals surface area contributed by atoms with E-state index in [2.05, 4.69) is 0 Å². The maximum Gasteiger partial charge on any atom is 0.223 e. The van der Waals surface area contributed by atoms with Crippen molar-refractivity contribution in [3.8, 4) is 0 Å². The highest BCUT2D eigenvalue weighted by Crippen LogP contribution is 2.33. The average molecular weight is 301 g/mol. The lowest BCUT2D eigenvalue weighted by molar-refractivity contribution is -0.148. The fourth-order valence-corrected chi connectivity index (χ4v) is 3.05. The number of nitrogens with zero attached hydrogens (tertiary/aromatic N) is 1. The second-order valence-electron chi connectivity index (χ2n) is 5.93. The van der Waals surface area contributed by atoms with Crippen LogP contribution in [0.4, 0.5) is 0 Å². The molecule has 0 aliphatic carbocycles. The highest BCUT2D eigenvalue weighted by atomic mass is 16.2. The van der Waals surface area contributed by atoms with Crippen molar-refractivity contribution in [3.05, 3.63) is 35.9 Å². The average Bonchev–Trinajstić information content (AvgIpc) is 2.56. The molecule has 1 saturated heterocycles. The predicted octanol–water partition coefficient (Wildman–Crippen LogP) is 2.90. The van der Waals surface area contributed by atoms with Gasteiger partial charge in [0.2, 0.25) is 5.91 Å². The molecule has 4 nitrogen and oxygen atoms in total. The van der Waals surface area contributed by atoms with Crippen LogP contribution >= 0.6 is 0 Å². The number of hydrogen-bond acceptors (Lipinski definition) is 3. The standard InChI is InChI=1S/C18H23NO3/c1-2-16(21)10-12-18(14-20)11-6-9-17(22)19(18)13-15-7-4-3-5-8-15/h3-5,7-8,14H,2,6,9-13H2,1H3/t18-/m0/s1. The molecule has 4 heteroatoms. The summed E-state index contributed by atoms with van der Waals surface area (Å²) in [6.45, 7) is 2.25. The van der Waals surface area contributed by atoms with Crippen LogP contribution in [0.2, 0.25) is 0 Å². The minimum absolute atomic E-state index is 0.00569. The van der Waals surface area contributed by atoms with Gasteiger partial charge in [0.15, 0.2) is 0 Å². The van der Waals surface area contributed by atoms with Crippen molar-refractivity contribution >= 4 is 18.0 Å². The van der Waals surface area contributed by atoms with E-state index >= 15 is 0 Å². The summed E-state index contributed by atoms with van der Waals surface area (Å²) in [4.78, 5) is 37.5. The molecule has 1 aromatic rings. The van der Waals surface area contributed by atoms with Crippen molar-refractivity contribution in [1.29, 1.82) is 0 Å². The van der Waals surface area contributed by atoms with E-state index in [1.165, 1.54) is 0 Å². The fourth-order valence-electron chi connectivity index (χ4n) is 3.05. The van der Waals surface area contributed by atoms with Gasteiger partial charge in [-0.05, 0) is 24.8 Å². The Morgan fingerprint density at radius 3 is 2.68 bits per heavy atom. The molecule has 2 rings (SSSR count). The molecule has 118 valence electrons. The van der Waals surface area contributed by atoms with Gasteiger partial charge in [0.25, 0.3) is 0 Å². The van der Waals surface area contributed by atoms with Crippen LogP contribution in [0.5, 0.6) is 0 Å². The van der Waals surface area contributed by atoms with Crippen molar-refractivity contribution in [3.63, 3.8) is 0 Å². The molecule has 1 aliphatic rings. The van der Waals surface area contributed by atoms with E-state index in [1.807, 2.05) is 37.3 Å². The minimum atomic E-state index is -0.823. The summed E-state index contributed by atoms with van der Waals surface area (Å²) in [5.41, 5.74) is 0.182. The van der Waals surface area contributed by atoms with Gasteiger partial charge in [-0.25, -0.2) is 0 Å². The van der Waals surface area contributed by atoms with Crippen molar-refractivity contribution in [2.75, 3.05) is 0 Å². The lowest BCUT2D eigenvalue weighted by Crippen LogP contribution is -2.55. The normalized spacial score (nSPS) is 21.7. The zero-order valence-electron chi connectivity index (χ0n) is 13.1. The highest BCUT2D eigenvalue weighted by molar-refractivity contribution is 5.84. The maximum absolute atomic E-state index is 12.4. The molecule has 1 heterocycles. The molecular formula is C18H23NO3. The number of amides is 1. The van der Waals surface area contributed by atoms with E-state index in [1.54, 1.807) is 4.90 Å². The Labute approximate surface area is 131 Å². The number of piperidine rings is 1. The SMILES string of the molecule is CCC(=O)CC[C@]1(C=O)CCCC(=O)N1Cc1ccccc1. The molecule has 22 heavy (non-hydrogen) atoms. The number of Topliss-reactive ketones (excluding diaryl/α,β-unsaturated/α-hetero) is 1. The van der Waals surface area contributed by atoms with Gasteiger partial charge in [0.05, 0.1) is 5.54 Å². The smallest absolute Gasteiger partial charge is 0.223 e. The van der Waals surface area contributed by atoms with Gasteiger partial charge in [0, 0.05) is 25.8 Å². The lowest BCUT2D eigenvalue weighted by Gasteiger charge is -2.43. The van der Waals surface area contributed by atoms with Crippen molar-refractivity contribution in [2.24, 2.45) is 0 Å².